The summed E-state index contributed by atoms with van der Waals surface area (Å²) in [5, 5.41) is 22.2. The molecule has 0 aromatic heterocycles. The summed E-state index contributed by atoms with van der Waals surface area (Å²) in [4.78, 5) is 11.7. The molecule has 0 aliphatic heterocycles. The number of aliphatic hydroxyl groups is 1. The molecule has 0 aliphatic carbocycles. The summed E-state index contributed by atoms with van der Waals surface area (Å²) in [6.07, 6.45) is 0.229. The molecule has 0 fully saturated rings. The molecule has 0 unspecified atom stereocenters. The number of hydrogen-bond donors (Lipinski definition) is 3. The van der Waals surface area contributed by atoms with Crippen LogP contribution >= 0.6 is 0 Å². The maximum absolute atomic E-state index is 11.7. The van der Waals surface area contributed by atoms with Crippen molar-refractivity contribution >= 4 is 5.97 Å². The van der Waals surface area contributed by atoms with Crippen molar-refractivity contribution in [1.29, 1.82) is 0 Å². The number of rotatable bonds is 7. The quantitative estimate of drug-likeness (QED) is 0.726. The minimum Gasteiger partial charge on any atom is -0.480 e. The zero-order valence-electron chi connectivity index (χ0n) is 11.7. The van der Waals surface area contributed by atoms with E-state index < -0.39 is 18.1 Å². The molecule has 0 spiro atoms. The van der Waals surface area contributed by atoms with Crippen LogP contribution in [0.5, 0.6) is 0 Å². The van der Waals surface area contributed by atoms with E-state index in [4.69, 9.17) is 0 Å². The first-order valence-electron chi connectivity index (χ1n) is 6.83. The lowest BCUT2D eigenvalue weighted by Gasteiger charge is -2.29. The fourth-order valence-electron chi connectivity index (χ4n) is 2.20. The number of nitrogens with one attached hydrogen (secondary N) is 1. The highest BCUT2D eigenvalue weighted by Gasteiger charge is 2.37. The fraction of sp³-hybridized carbons (Fsp3) is 0.235. The first-order chi connectivity index (χ1) is 10.2. The summed E-state index contributed by atoms with van der Waals surface area (Å²) >= 11 is 0. The van der Waals surface area contributed by atoms with Crippen LogP contribution in [0.15, 0.2) is 60.7 Å². The van der Waals surface area contributed by atoms with E-state index in [9.17, 15) is 15.0 Å². The average Bonchev–Trinajstić information content (AvgIpc) is 2.53. The topological polar surface area (TPSA) is 69.6 Å². The largest absolute Gasteiger partial charge is 0.480 e. The van der Waals surface area contributed by atoms with Crippen molar-refractivity contribution in [2.45, 2.75) is 18.5 Å². The minimum atomic E-state index is -1.38. The monoisotopic (exact) mass is 285 g/mol. The van der Waals surface area contributed by atoms with Gasteiger partial charge in [-0.2, -0.15) is 0 Å². The van der Waals surface area contributed by atoms with Gasteiger partial charge in [0.1, 0.15) is 5.54 Å². The number of aliphatic carboxylic acids is 1. The van der Waals surface area contributed by atoms with Gasteiger partial charge in [-0.05, 0) is 11.1 Å². The number of carbonyl (C=O) groups is 1. The molecule has 0 saturated carbocycles. The van der Waals surface area contributed by atoms with Crippen LogP contribution in [0.2, 0.25) is 0 Å². The molecular formula is C17H19NO3. The van der Waals surface area contributed by atoms with Gasteiger partial charge in [-0.25, -0.2) is 0 Å². The normalized spacial score (nSPS) is 13.6. The first kappa shape index (κ1) is 15.2. The van der Waals surface area contributed by atoms with Crippen LogP contribution < -0.4 is 5.32 Å². The molecule has 0 saturated heterocycles. The van der Waals surface area contributed by atoms with E-state index in [1.165, 1.54) is 0 Å². The molecule has 2 rings (SSSR count). The highest BCUT2D eigenvalue weighted by molar-refractivity contribution is 5.79. The second-order valence-corrected chi connectivity index (χ2v) is 5.05. The predicted molar refractivity (Wildman–Crippen MR) is 80.9 cm³/mol. The van der Waals surface area contributed by atoms with Gasteiger partial charge in [0, 0.05) is 13.0 Å². The third-order valence-electron chi connectivity index (χ3n) is 3.50. The summed E-state index contributed by atoms with van der Waals surface area (Å²) in [6.45, 7) is -0.0788. The molecule has 0 radical (unpaired) electrons. The van der Waals surface area contributed by atoms with Crippen LogP contribution in [0, 0.1) is 0 Å². The lowest BCUT2D eigenvalue weighted by molar-refractivity contribution is -0.146. The van der Waals surface area contributed by atoms with Gasteiger partial charge in [-0.15, -0.1) is 0 Å². The maximum atomic E-state index is 11.7. The van der Waals surface area contributed by atoms with Gasteiger partial charge in [-0.3, -0.25) is 10.1 Å². The standard InChI is InChI=1S/C17H19NO3/c19-13-17(16(20)21,11-14-7-3-1-4-8-14)18-12-15-9-5-2-6-10-15/h1-10,18-19H,11-13H2,(H,20,21)/t17-/m0/s1. The highest BCUT2D eigenvalue weighted by atomic mass is 16.4. The lowest BCUT2D eigenvalue weighted by atomic mass is 9.91. The molecule has 0 aliphatic rings. The molecular weight excluding hydrogens is 266 g/mol. The van der Waals surface area contributed by atoms with Crippen molar-refractivity contribution in [3.63, 3.8) is 0 Å². The van der Waals surface area contributed by atoms with Crippen LogP contribution in [0.1, 0.15) is 11.1 Å². The lowest BCUT2D eigenvalue weighted by Crippen LogP contribution is -2.56. The molecule has 21 heavy (non-hydrogen) atoms. The van der Waals surface area contributed by atoms with E-state index in [0.29, 0.717) is 6.54 Å². The molecule has 2 aromatic carbocycles. The van der Waals surface area contributed by atoms with E-state index in [-0.39, 0.29) is 6.42 Å². The van der Waals surface area contributed by atoms with E-state index in [2.05, 4.69) is 5.32 Å². The maximum Gasteiger partial charge on any atom is 0.326 e. The Balaban J connectivity index is 2.15. The van der Waals surface area contributed by atoms with Gasteiger partial charge < -0.3 is 10.2 Å². The number of benzene rings is 2. The summed E-state index contributed by atoms with van der Waals surface area (Å²) in [5.41, 5.74) is 0.469. The molecule has 0 amide bonds. The van der Waals surface area contributed by atoms with E-state index in [1.54, 1.807) is 0 Å². The zero-order valence-corrected chi connectivity index (χ0v) is 11.7. The molecule has 4 nitrogen and oxygen atoms in total. The van der Waals surface area contributed by atoms with E-state index >= 15 is 0 Å². The number of carboxylic acids is 1. The number of hydrogen-bond acceptors (Lipinski definition) is 3. The Morgan fingerprint density at radius 3 is 1.95 bits per heavy atom. The number of carboxylic acid groups (broad SMARTS) is 1. The van der Waals surface area contributed by atoms with E-state index in [0.717, 1.165) is 11.1 Å². The molecule has 2 aromatic rings. The van der Waals surface area contributed by atoms with Crippen LogP contribution in [0.25, 0.3) is 0 Å². The molecule has 110 valence electrons. The SMILES string of the molecule is O=C(O)[C@@](CO)(Cc1ccccc1)NCc1ccccc1. The van der Waals surface area contributed by atoms with E-state index in [1.807, 2.05) is 60.7 Å². The molecule has 1 atom stereocenters. The van der Waals surface area contributed by atoms with Crippen molar-refractivity contribution in [2.24, 2.45) is 0 Å². The Kier molecular flexibility index (Phi) is 5.09. The molecule has 3 N–H and O–H groups in total. The number of aliphatic hydroxyl groups excluding tert-OH is 1. The van der Waals surface area contributed by atoms with Gasteiger partial charge in [0.05, 0.1) is 6.61 Å². The summed E-state index contributed by atoms with van der Waals surface area (Å²) in [7, 11) is 0. The zero-order chi connectivity index (χ0) is 15.1. The van der Waals surface area contributed by atoms with Crippen LogP contribution in [0.3, 0.4) is 0 Å². The Labute approximate surface area is 124 Å². The van der Waals surface area contributed by atoms with Crippen molar-refractivity contribution in [3.8, 4) is 0 Å². The summed E-state index contributed by atoms with van der Waals surface area (Å²) < 4.78 is 0. The van der Waals surface area contributed by atoms with Gasteiger partial charge in [0.2, 0.25) is 0 Å². The van der Waals surface area contributed by atoms with Gasteiger partial charge >= 0.3 is 5.97 Å². The van der Waals surface area contributed by atoms with Crippen molar-refractivity contribution < 1.29 is 15.0 Å². The van der Waals surface area contributed by atoms with Crippen LogP contribution in [-0.2, 0) is 17.8 Å². The highest BCUT2D eigenvalue weighted by Crippen LogP contribution is 2.15. The Hall–Kier alpha value is -2.17. The average molecular weight is 285 g/mol. The third-order valence-corrected chi connectivity index (χ3v) is 3.50. The Bertz CT molecular complexity index is 571. The first-order valence-corrected chi connectivity index (χ1v) is 6.83. The smallest absolute Gasteiger partial charge is 0.326 e. The van der Waals surface area contributed by atoms with Crippen molar-refractivity contribution in [3.05, 3.63) is 71.8 Å². The second kappa shape index (κ2) is 7.02. The predicted octanol–water partition coefficient (Wildman–Crippen LogP) is 1.83. The fourth-order valence-corrected chi connectivity index (χ4v) is 2.20. The molecule has 4 heteroatoms. The van der Waals surface area contributed by atoms with Crippen molar-refractivity contribution in [1.82, 2.24) is 5.32 Å². The second-order valence-electron chi connectivity index (χ2n) is 5.05. The summed E-state index contributed by atoms with van der Waals surface area (Å²) in [6, 6.07) is 18.8. The van der Waals surface area contributed by atoms with Crippen LogP contribution in [0.4, 0.5) is 0 Å². The van der Waals surface area contributed by atoms with Crippen molar-refractivity contribution in [2.75, 3.05) is 6.61 Å². The minimum absolute atomic E-state index is 0.229. The Morgan fingerprint density at radius 2 is 1.48 bits per heavy atom. The van der Waals surface area contributed by atoms with Gasteiger partial charge in [0.15, 0.2) is 0 Å². The summed E-state index contributed by atoms with van der Waals surface area (Å²) in [5.74, 6) is -1.05. The van der Waals surface area contributed by atoms with Gasteiger partial charge in [-0.1, -0.05) is 60.7 Å². The molecule has 0 bridgehead atoms. The third kappa shape index (κ3) is 3.90. The Morgan fingerprint density at radius 1 is 0.952 bits per heavy atom. The van der Waals surface area contributed by atoms with Crippen LogP contribution in [-0.4, -0.2) is 28.3 Å². The van der Waals surface area contributed by atoms with Gasteiger partial charge in [0.25, 0.3) is 0 Å². The molecule has 0 heterocycles.